The van der Waals surface area contributed by atoms with Crippen molar-refractivity contribution in [1.29, 1.82) is 0 Å². The molecular weight excluding hydrogens is 797 g/mol. The molecule has 0 saturated heterocycles. The lowest BCUT2D eigenvalue weighted by molar-refractivity contribution is 0.691. The summed E-state index contributed by atoms with van der Waals surface area (Å²) in [4.78, 5) is 12.8. The molecule has 0 aliphatic carbocycles. The van der Waals surface area contributed by atoms with Crippen LogP contribution >= 0.6 is 11.8 Å². The van der Waals surface area contributed by atoms with E-state index in [1.54, 1.807) is 0 Å². The summed E-state index contributed by atoms with van der Waals surface area (Å²) in [6, 6.07) is 79.5. The standard InChI is InChI=1S/C59H36N4S/c1-3-16-37(17-4-1)49-36-50(61-58(60-49)39-18-5-2-6-19-39)38-30-32-40(33-31-38)62-51-26-11-7-21-42(51)44-34-35-48-57(56(44)62)64-54-29-14-10-24-46(54)59(48)45-23-9-13-28-53(45)63-52-27-12-8-20-41(52)43-22-15-25-47(59)55(43)63/h1-36H. The smallest absolute Gasteiger partial charge is 0.160 e. The predicted octanol–water partition coefficient (Wildman–Crippen LogP) is 14.8. The molecule has 0 fully saturated rings. The van der Waals surface area contributed by atoms with Crippen LogP contribution in [0.25, 0.3) is 88.9 Å². The molecule has 0 bridgehead atoms. The fourth-order valence-corrected chi connectivity index (χ4v) is 12.3. The van der Waals surface area contributed by atoms with Gasteiger partial charge in [0, 0.05) is 53.7 Å². The molecular formula is C59H36N4S. The molecule has 1 atom stereocenters. The highest BCUT2D eigenvalue weighted by Gasteiger charge is 2.50. The number of nitrogens with zero attached hydrogens (tertiary/aromatic N) is 4. The minimum absolute atomic E-state index is 0.572. The van der Waals surface area contributed by atoms with Gasteiger partial charge in [-0.05, 0) is 64.7 Å². The quantitative estimate of drug-likeness (QED) is 0.177. The summed E-state index contributed by atoms with van der Waals surface area (Å²) in [6.45, 7) is 0. The summed E-state index contributed by atoms with van der Waals surface area (Å²) in [7, 11) is 0. The lowest BCUT2D eigenvalue weighted by Crippen LogP contribution is -2.37. The Morgan fingerprint density at radius 3 is 1.69 bits per heavy atom. The Balaban J connectivity index is 1.03. The van der Waals surface area contributed by atoms with E-state index in [1.165, 1.54) is 81.3 Å². The van der Waals surface area contributed by atoms with Crippen molar-refractivity contribution in [3.8, 4) is 45.3 Å². The molecule has 3 aromatic heterocycles. The maximum absolute atomic E-state index is 5.16. The van der Waals surface area contributed by atoms with Gasteiger partial charge in [-0.1, -0.05) is 188 Å². The molecule has 2 aliphatic heterocycles. The maximum atomic E-state index is 5.16. The monoisotopic (exact) mass is 832 g/mol. The van der Waals surface area contributed by atoms with Crippen molar-refractivity contribution < 1.29 is 0 Å². The zero-order valence-corrected chi connectivity index (χ0v) is 35.3. The van der Waals surface area contributed by atoms with Gasteiger partial charge in [-0.2, -0.15) is 0 Å². The van der Waals surface area contributed by atoms with E-state index in [4.69, 9.17) is 9.97 Å². The van der Waals surface area contributed by atoms with E-state index < -0.39 is 5.41 Å². The zero-order chi connectivity index (χ0) is 41.9. The highest BCUT2D eigenvalue weighted by atomic mass is 32.2. The topological polar surface area (TPSA) is 35.6 Å². The molecule has 2 aliphatic rings. The lowest BCUT2D eigenvalue weighted by atomic mass is 9.62. The summed E-state index contributed by atoms with van der Waals surface area (Å²) < 4.78 is 5.02. The highest BCUT2D eigenvalue weighted by molar-refractivity contribution is 7.99. The van der Waals surface area contributed by atoms with Gasteiger partial charge < -0.3 is 9.13 Å². The van der Waals surface area contributed by atoms with Gasteiger partial charge in [0.05, 0.1) is 44.6 Å². The summed E-state index contributed by atoms with van der Waals surface area (Å²) in [5.74, 6) is 0.710. The summed E-state index contributed by atoms with van der Waals surface area (Å²) in [5.41, 5.74) is 16.8. The van der Waals surface area contributed by atoms with Crippen molar-refractivity contribution in [2.24, 2.45) is 0 Å². The van der Waals surface area contributed by atoms with Crippen LogP contribution in [0.3, 0.4) is 0 Å². The van der Waals surface area contributed by atoms with E-state index >= 15 is 0 Å². The predicted molar refractivity (Wildman–Crippen MR) is 263 cm³/mol. The molecule has 12 aromatic rings. The van der Waals surface area contributed by atoms with Crippen LogP contribution in [0.15, 0.2) is 228 Å². The van der Waals surface area contributed by atoms with Gasteiger partial charge in [0.2, 0.25) is 0 Å². The molecule has 9 aromatic carbocycles. The van der Waals surface area contributed by atoms with Crippen LogP contribution in [0.5, 0.6) is 0 Å². The molecule has 1 spiro atoms. The van der Waals surface area contributed by atoms with Crippen molar-refractivity contribution in [1.82, 2.24) is 19.1 Å². The Bertz CT molecular complexity index is 3810. The molecule has 298 valence electrons. The van der Waals surface area contributed by atoms with E-state index in [0.717, 1.165) is 33.8 Å². The van der Waals surface area contributed by atoms with E-state index in [0.29, 0.717) is 5.82 Å². The van der Waals surface area contributed by atoms with Crippen molar-refractivity contribution >= 4 is 55.4 Å². The van der Waals surface area contributed by atoms with Crippen molar-refractivity contribution in [2.45, 2.75) is 15.2 Å². The minimum Gasteiger partial charge on any atom is -0.309 e. The third-order valence-electron chi connectivity index (χ3n) is 13.6. The van der Waals surface area contributed by atoms with E-state index in [2.05, 4.69) is 203 Å². The molecule has 1 unspecified atom stereocenters. The van der Waals surface area contributed by atoms with Crippen molar-refractivity contribution in [3.05, 3.63) is 241 Å². The Morgan fingerprint density at radius 2 is 0.938 bits per heavy atom. The number of fused-ring (bicyclic) bond motifs is 15. The fourth-order valence-electron chi connectivity index (χ4n) is 10.9. The van der Waals surface area contributed by atoms with Crippen LogP contribution < -0.4 is 0 Å². The Morgan fingerprint density at radius 1 is 0.375 bits per heavy atom. The number of aromatic nitrogens is 4. The van der Waals surface area contributed by atoms with Gasteiger partial charge in [0.15, 0.2) is 5.82 Å². The molecule has 5 heterocycles. The molecule has 0 saturated carbocycles. The molecule has 0 radical (unpaired) electrons. The highest BCUT2D eigenvalue weighted by Crippen LogP contribution is 2.62. The average molecular weight is 833 g/mol. The van der Waals surface area contributed by atoms with Crippen molar-refractivity contribution in [3.63, 3.8) is 0 Å². The lowest BCUT2D eigenvalue weighted by Gasteiger charge is -2.45. The first-order valence-corrected chi connectivity index (χ1v) is 22.6. The van der Waals surface area contributed by atoms with Gasteiger partial charge in [-0.3, -0.25) is 0 Å². The molecule has 4 nitrogen and oxygen atoms in total. The normalized spacial score (nSPS) is 14.9. The van der Waals surface area contributed by atoms with Crippen LogP contribution in [0.1, 0.15) is 22.3 Å². The van der Waals surface area contributed by atoms with Crippen LogP contribution in [0.4, 0.5) is 0 Å². The third-order valence-corrected chi connectivity index (χ3v) is 14.8. The first-order chi connectivity index (χ1) is 31.8. The van der Waals surface area contributed by atoms with Gasteiger partial charge in [0.1, 0.15) is 0 Å². The number of hydrogen-bond donors (Lipinski definition) is 0. The van der Waals surface area contributed by atoms with Crippen LogP contribution in [0.2, 0.25) is 0 Å². The third kappa shape index (κ3) is 4.84. The zero-order valence-electron chi connectivity index (χ0n) is 34.5. The summed E-state index contributed by atoms with van der Waals surface area (Å²) >= 11 is 1.91. The van der Waals surface area contributed by atoms with Gasteiger partial charge in [-0.15, -0.1) is 0 Å². The van der Waals surface area contributed by atoms with Gasteiger partial charge in [0.25, 0.3) is 0 Å². The largest absolute Gasteiger partial charge is 0.309 e. The van der Waals surface area contributed by atoms with Crippen LogP contribution in [-0.4, -0.2) is 19.1 Å². The molecule has 0 N–H and O–H groups in total. The van der Waals surface area contributed by atoms with Gasteiger partial charge >= 0.3 is 0 Å². The second-order valence-corrected chi connectivity index (χ2v) is 17.9. The Kier molecular flexibility index (Phi) is 7.51. The average Bonchev–Trinajstić information content (AvgIpc) is 3.90. The fraction of sp³-hybridized carbons (Fsp3) is 0.0169. The first-order valence-electron chi connectivity index (χ1n) is 21.8. The molecule has 64 heavy (non-hydrogen) atoms. The number of benzene rings is 9. The molecule has 5 heteroatoms. The van der Waals surface area contributed by atoms with Crippen LogP contribution in [0, 0.1) is 0 Å². The number of hydrogen-bond acceptors (Lipinski definition) is 3. The van der Waals surface area contributed by atoms with Crippen molar-refractivity contribution in [2.75, 3.05) is 0 Å². The number of para-hydroxylation sites is 4. The summed E-state index contributed by atoms with van der Waals surface area (Å²) in [5, 5.41) is 5.04. The van der Waals surface area contributed by atoms with E-state index in [-0.39, 0.29) is 0 Å². The van der Waals surface area contributed by atoms with E-state index in [9.17, 15) is 0 Å². The SMILES string of the molecule is c1ccc(-c2cc(-c3ccc(-n4c5ccccc5c5ccc6c(c54)Sc4ccccc4C64c5ccccc5-n5c6ccccc6c6cccc4c65)cc3)nc(-c3ccccc3)n2)cc1. The molecule has 0 amide bonds. The maximum Gasteiger partial charge on any atom is 0.160 e. The molecule has 14 rings (SSSR count). The second-order valence-electron chi connectivity index (χ2n) is 16.9. The minimum atomic E-state index is -0.572. The second kappa shape index (κ2) is 13.5. The summed E-state index contributed by atoms with van der Waals surface area (Å²) in [6.07, 6.45) is 0. The number of rotatable bonds is 4. The Labute approximate surface area is 373 Å². The van der Waals surface area contributed by atoms with Gasteiger partial charge in [-0.25, -0.2) is 9.97 Å². The Hall–Kier alpha value is -7.99. The first kappa shape index (κ1) is 35.6. The van der Waals surface area contributed by atoms with Crippen LogP contribution in [-0.2, 0) is 5.41 Å². The van der Waals surface area contributed by atoms with E-state index in [1.807, 2.05) is 36.0 Å².